The number of hydrogen-bond acceptors (Lipinski definition) is 4. The van der Waals surface area contributed by atoms with Gasteiger partial charge in [-0.15, -0.1) is 0 Å². The average Bonchev–Trinajstić information content (AvgIpc) is 3.19. The molecule has 0 saturated heterocycles. The minimum atomic E-state index is -0.705. The molecule has 1 aliphatic carbocycles. The van der Waals surface area contributed by atoms with E-state index in [1.165, 1.54) is 18.2 Å². The summed E-state index contributed by atoms with van der Waals surface area (Å²) in [5, 5.41) is 2.65. The first-order valence-corrected chi connectivity index (χ1v) is 6.14. The highest BCUT2D eigenvalue weighted by Gasteiger charge is 2.48. The van der Waals surface area contributed by atoms with E-state index in [-0.39, 0.29) is 23.6 Å². The van der Waals surface area contributed by atoms with Gasteiger partial charge in [0, 0.05) is 23.4 Å². The molecule has 7 nitrogen and oxygen atoms in total. The van der Waals surface area contributed by atoms with Crippen LogP contribution < -0.4 is 22.5 Å². The van der Waals surface area contributed by atoms with Crippen LogP contribution in [0.5, 0.6) is 0 Å². The van der Waals surface area contributed by atoms with Crippen molar-refractivity contribution in [3.05, 3.63) is 29.3 Å². The summed E-state index contributed by atoms with van der Waals surface area (Å²) >= 11 is 0. The van der Waals surface area contributed by atoms with Gasteiger partial charge in [0.05, 0.1) is 5.41 Å². The van der Waals surface area contributed by atoms with Crippen molar-refractivity contribution in [3.63, 3.8) is 0 Å². The van der Waals surface area contributed by atoms with Crippen LogP contribution in [-0.4, -0.2) is 24.3 Å². The van der Waals surface area contributed by atoms with Crippen LogP contribution in [0.4, 0.5) is 5.69 Å². The summed E-state index contributed by atoms with van der Waals surface area (Å²) in [4.78, 5) is 34.5. The fourth-order valence-corrected chi connectivity index (χ4v) is 1.92. The van der Waals surface area contributed by atoms with Crippen molar-refractivity contribution in [2.24, 2.45) is 22.6 Å². The smallest absolute Gasteiger partial charge is 0.248 e. The molecular weight excluding hydrogens is 260 g/mol. The first kappa shape index (κ1) is 14.0. The quantitative estimate of drug-likeness (QED) is 0.578. The highest BCUT2D eigenvalue weighted by Crippen LogP contribution is 2.45. The fourth-order valence-electron chi connectivity index (χ4n) is 1.92. The molecule has 1 aromatic carbocycles. The van der Waals surface area contributed by atoms with Crippen LogP contribution >= 0.6 is 0 Å². The number of benzene rings is 1. The van der Waals surface area contributed by atoms with Crippen LogP contribution in [0.2, 0.25) is 0 Å². The Kier molecular flexibility index (Phi) is 3.46. The number of carbonyl (C=O) groups is 3. The predicted molar refractivity (Wildman–Crippen MR) is 72.8 cm³/mol. The van der Waals surface area contributed by atoms with E-state index in [4.69, 9.17) is 17.2 Å². The molecule has 1 aromatic rings. The van der Waals surface area contributed by atoms with Gasteiger partial charge in [-0.2, -0.15) is 0 Å². The minimum Gasteiger partial charge on any atom is -0.366 e. The molecule has 106 valence electrons. The van der Waals surface area contributed by atoms with E-state index in [2.05, 4.69) is 5.32 Å². The van der Waals surface area contributed by atoms with Crippen molar-refractivity contribution in [2.45, 2.75) is 12.8 Å². The molecule has 0 unspecified atom stereocenters. The zero-order valence-corrected chi connectivity index (χ0v) is 10.8. The van der Waals surface area contributed by atoms with Gasteiger partial charge in [0.15, 0.2) is 0 Å². The third-order valence-electron chi connectivity index (χ3n) is 3.49. The number of primary amides is 2. The van der Waals surface area contributed by atoms with E-state index in [9.17, 15) is 14.4 Å². The number of rotatable bonds is 5. The van der Waals surface area contributed by atoms with Gasteiger partial charge in [0.2, 0.25) is 17.7 Å². The van der Waals surface area contributed by atoms with Crippen molar-refractivity contribution in [3.8, 4) is 0 Å². The van der Waals surface area contributed by atoms with Gasteiger partial charge < -0.3 is 22.5 Å². The monoisotopic (exact) mass is 276 g/mol. The minimum absolute atomic E-state index is 0.106. The maximum Gasteiger partial charge on any atom is 0.248 e. The molecule has 2 rings (SSSR count). The molecule has 20 heavy (non-hydrogen) atoms. The zero-order chi connectivity index (χ0) is 14.9. The second kappa shape index (κ2) is 4.93. The largest absolute Gasteiger partial charge is 0.366 e. The molecule has 0 radical (unpaired) electrons. The van der Waals surface area contributed by atoms with Crippen molar-refractivity contribution in [1.29, 1.82) is 0 Å². The molecule has 7 heteroatoms. The molecule has 7 N–H and O–H groups in total. The molecule has 0 aromatic heterocycles. The summed E-state index contributed by atoms with van der Waals surface area (Å²) in [6.45, 7) is 0.261. The summed E-state index contributed by atoms with van der Waals surface area (Å²) < 4.78 is 0. The summed E-state index contributed by atoms with van der Waals surface area (Å²) in [5.74, 6) is -1.64. The molecule has 0 aliphatic heterocycles. The molecular formula is C13H16N4O3. The predicted octanol–water partition coefficient (Wildman–Crippen LogP) is -0.438. The Morgan fingerprint density at radius 2 is 1.55 bits per heavy atom. The van der Waals surface area contributed by atoms with E-state index >= 15 is 0 Å². The van der Waals surface area contributed by atoms with Gasteiger partial charge in [-0.1, -0.05) is 0 Å². The maximum atomic E-state index is 12.1. The highest BCUT2D eigenvalue weighted by atomic mass is 16.2. The first-order chi connectivity index (χ1) is 9.38. The Bertz CT molecular complexity index is 561. The van der Waals surface area contributed by atoms with E-state index in [0.29, 0.717) is 5.69 Å². The van der Waals surface area contributed by atoms with Gasteiger partial charge in [0.1, 0.15) is 0 Å². The lowest BCUT2D eigenvalue weighted by atomic mass is 10.1. The van der Waals surface area contributed by atoms with Gasteiger partial charge >= 0.3 is 0 Å². The third-order valence-corrected chi connectivity index (χ3v) is 3.49. The molecule has 1 aliphatic rings. The van der Waals surface area contributed by atoms with Gasteiger partial charge in [-0.25, -0.2) is 0 Å². The van der Waals surface area contributed by atoms with Crippen molar-refractivity contribution in [2.75, 3.05) is 11.9 Å². The number of nitrogens with two attached hydrogens (primary N) is 3. The third kappa shape index (κ3) is 2.62. The number of amides is 3. The van der Waals surface area contributed by atoms with E-state index in [1.807, 2.05) is 0 Å². The number of hydrogen-bond donors (Lipinski definition) is 4. The SMILES string of the molecule is NCC1(C(=O)Nc2cc(C(N)=O)cc(C(N)=O)c2)CC1. The van der Waals surface area contributed by atoms with Crippen LogP contribution in [0, 0.1) is 5.41 Å². The normalized spacial score (nSPS) is 15.4. The Labute approximate surface area is 115 Å². The first-order valence-electron chi connectivity index (χ1n) is 6.14. The molecule has 3 amide bonds. The van der Waals surface area contributed by atoms with Crippen LogP contribution in [0.1, 0.15) is 33.6 Å². The van der Waals surface area contributed by atoms with Gasteiger partial charge in [-0.05, 0) is 31.0 Å². The van der Waals surface area contributed by atoms with E-state index in [0.717, 1.165) is 12.8 Å². The van der Waals surface area contributed by atoms with Gasteiger partial charge in [-0.3, -0.25) is 14.4 Å². The average molecular weight is 276 g/mol. The zero-order valence-electron chi connectivity index (χ0n) is 10.8. The lowest BCUT2D eigenvalue weighted by molar-refractivity contribution is -0.120. The standard InChI is InChI=1S/C13H16N4O3/c14-6-13(1-2-13)12(20)17-9-4-7(10(15)18)3-8(5-9)11(16)19/h3-5H,1-2,6,14H2,(H2,15,18)(H2,16,19)(H,17,20). The van der Waals surface area contributed by atoms with Crippen molar-refractivity contribution in [1.82, 2.24) is 0 Å². The maximum absolute atomic E-state index is 12.1. The van der Waals surface area contributed by atoms with E-state index in [1.54, 1.807) is 0 Å². The summed E-state index contributed by atoms with van der Waals surface area (Å²) in [6.07, 6.45) is 1.46. The summed E-state index contributed by atoms with van der Waals surface area (Å²) in [5.41, 5.74) is 15.9. The lowest BCUT2D eigenvalue weighted by Gasteiger charge is -2.14. The van der Waals surface area contributed by atoms with Crippen molar-refractivity contribution >= 4 is 23.4 Å². The van der Waals surface area contributed by atoms with Crippen LogP contribution in [-0.2, 0) is 4.79 Å². The lowest BCUT2D eigenvalue weighted by Crippen LogP contribution is -2.31. The Hall–Kier alpha value is -2.41. The molecule has 1 saturated carbocycles. The van der Waals surface area contributed by atoms with E-state index < -0.39 is 17.2 Å². The molecule has 0 bridgehead atoms. The molecule has 0 atom stereocenters. The highest BCUT2D eigenvalue weighted by molar-refractivity contribution is 6.03. The van der Waals surface area contributed by atoms with Crippen LogP contribution in [0.25, 0.3) is 0 Å². The molecule has 1 fully saturated rings. The van der Waals surface area contributed by atoms with Crippen LogP contribution in [0.3, 0.4) is 0 Å². The number of carbonyl (C=O) groups excluding carboxylic acids is 3. The molecule has 0 heterocycles. The summed E-state index contributed by atoms with van der Waals surface area (Å²) in [7, 11) is 0. The summed E-state index contributed by atoms with van der Waals surface area (Å²) in [6, 6.07) is 4.09. The molecule has 0 spiro atoms. The number of anilines is 1. The Morgan fingerprint density at radius 1 is 1.05 bits per heavy atom. The van der Waals surface area contributed by atoms with Crippen LogP contribution in [0.15, 0.2) is 18.2 Å². The van der Waals surface area contributed by atoms with Crippen molar-refractivity contribution < 1.29 is 14.4 Å². The fraction of sp³-hybridized carbons (Fsp3) is 0.308. The second-order valence-electron chi connectivity index (χ2n) is 4.97. The Balaban J connectivity index is 2.29. The van der Waals surface area contributed by atoms with Gasteiger partial charge in [0.25, 0.3) is 0 Å². The topological polar surface area (TPSA) is 141 Å². The Morgan fingerprint density at radius 3 is 1.90 bits per heavy atom. The number of nitrogens with one attached hydrogen (secondary N) is 1. The second-order valence-corrected chi connectivity index (χ2v) is 4.97.